The molecule has 4 rings (SSSR count). The lowest BCUT2D eigenvalue weighted by atomic mass is 9.78. The zero-order valence-corrected chi connectivity index (χ0v) is 12.3. The van der Waals surface area contributed by atoms with Crippen LogP contribution in [0.5, 0.6) is 0 Å². The molecule has 3 aromatic rings. The molecule has 0 heteroatoms. The van der Waals surface area contributed by atoms with Crippen LogP contribution in [0, 0.1) is 5.92 Å². The Morgan fingerprint density at radius 2 is 1.05 bits per heavy atom. The van der Waals surface area contributed by atoms with E-state index in [9.17, 15) is 0 Å². The Hall–Kier alpha value is -2.60. The molecule has 0 nitrogen and oxygen atoms in total. The standard InChI is InChI=1S/C22H17/c1-3-10-18(11-4-1)22(19-12-5-2-6-13-19)21-16-15-17-9-7-8-14-20(17)21/h1-16,22H. The van der Waals surface area contributed by atoms with Gasteiger partial charge >= 0.3 is 0 Å². The maximum atomic E-state index is 2.27. The molecule has 0 atom stereocenters. The summed E-state index contributed by atoms with van der Waals surface area (Å²) in [7, 11) is 0. The predicted octanol–water partition coefficient (Wildman–Crippen LogP) is 5.47. The van der Waals surface area contributed by atoms with Crippen LogP contribution in [0.3, 0.4) is 0 Å². The van der Waals surface area contributed by atoms with Crippen LogP contribution in [0.1, 0.15) is 28.2 Å². The summed E-state index contributed by atoms with van der Waals surface area (Å²) in [6.07, 6.45) is 4.50. The van der Waals surface area contributed by atoms with Crippen LogP contribution in [-0.4, -0.2) is 0 Å². The molecule has 1 aliphatic carbocycles. The van der Waals surface area contributed by atoms with Gasteiger partial charge in [0.1, 0.15) is 0 Å². The van der Waals surface area contributed by atoms with Gasteiger partial charge in [-0.2, -0.15) is 0 Å². The first kappa shape index (κ1) is 13.1. The molecular weight excluding hydrogens is 264 g/mol. The molecule has 0 aromatic heterocycles. The van der Waals surface area contributed by atoms with Crippen molar-refractivity contribution in [1.82, 2.24) is 0 Å². The summed E-state index contributed by atoms with van der Waals surface area (Å²) < 4.78 is 0. The SMILES string of the molecule is C1=Cc2ccccc2[C]1C(c1ccccc1)c1ccccc1. The fourth-order valence-electron chi connectivity index (χ4n) is 3.27. The molecule has 0 unspecified atom stereocenters. The first-order valence-electron chi connectivity index (χ1n) is 7.68. The zero-order valence-electron chi connectivity index (χ0n) is 12.3. The first-order valence-corrected chi connectivity index (χ1v) is 7.68. The van der Waals surface area contributed by atoms with Gasteiger partial charge in [0.2, 0.25) is 0 Å². The summed E-state index contributed by atoms with van der Waals surface area (Å²) in [6.45, 7) is 0. The molecular formula is C22H17. The smallest absolute Gasteiger partial charge is 0.0391 e. The fourth-order valence-corrected chi connectivity index (χ4v) is 3.27. The second kappa shape index (κ2) is 5.65. The maximum absolute atomic E-state index is 2.27. The van der Waals surface area contributed by atoms with Gasteiger partial charge in [-0.05, 0) is 22.3 Å². The van der Waals surface area contributed by atoms with Crippen molar-refractivity contribution in [2.45, 2.75) is 5.92 Å². The minimum absolute atomic E-state index is 0.280. The molecule has 3 aromatic carbocycles. The number of rotatable bonds is 3. The quantitative estimate of drug-likeness (QED) is 0.597. The molecule has 105 valence electrons. The van der Waals surface area contributed by atoms with E-state index in [1.165, 1.54) is 28.2 Å². The van der Waals surface area contributed by atoms with Gasteiger partial charge in [-0.1, -0.05) is 97.1 Å². The Bertz CT molecular complexity index is 745. The Balaban J connectivity index is 1.85. The van der Waals surface area contributed by atoms with E-state index in [2.05, 4.69) is 97.1 Å². The average Bonchev–Trinajstić information content (AvgIpc) is 3.01. The molecule has 0 bridgehead atoms. The van der Waals surface area contributed by atoms with E-state index in [1.54, 1.807) is 0 Å². The summed E-state index contributed by atoms with van der Waals surface area (Å²) in [5.41, 5.74) is 5.34. The molecule has 1 radical (unpaired) electrons. The lowest BCUT2D eigenvalue weighted by molar-refractivity contribution is 0.894. The van der Waals surface area contributed by atoms with Gasteiger partial charge in [-0.3, -0.25) is 0 Å². The summed E-state index contributed by atoms with van der Waals surface area (Å²) in [6, 6.07) is 30.2. The van der Waals surface area contributed by atoms with E-state index in [4.69, 9.17) is 0 Å². The number of allylic oxidation sites excluding steroid dienone is 1. The van der Waals surface area contributed by atoms with Gasteiger partial charge in [0.25, 0.3) is 0 Å². The van der Waals surface area contributed by atoms with E-state index in [-0.39, 0.29) is 5.92 Å². The number of benzene rings is 3. The zero-order chi connectivity index (χ0) is 14.8. The number of hydrogen-bond acceptors (Lipinski definition) is 0. The fraction of sp³-hybridized carbons (Fsp3) is 0.0455. The second-order valence-electron chi connectivity index (χ2n) is 5.63. The minimum Gasteiger partial charge on any atom is -0.0712 e. The first-order chi connectivity index (χ1) is 10.9. The molecule has 0 heterocycles. The van der Waals surface area contributed by atoms with Crippen LogP contribution in [0.2, 0.25) is 0 Å². The van der Waals surface area contributed by atoms with Gasteiger partial charge in [0, 0.05) is 11.8 Å². The van der Waals surface area contributed by atoms with Gasteiger partial charge in [-0.25, -0.2) is 0 Å². The normalized spacial score (nSPS) is 13.5. The van der Waals surface area contributed by atoms with E-state index in [0.717, 1.165) is 0 Å². The molecule has 0 fully saturated rings. The molecule has 0 saturated heterocycles. The van der Waals surface area contributed by atoms with Crippen LogP contribution in [-0.2, 0) is 0 Å². The summed E-state index contributed by atoms with van der Waals surface area (Å²) in [4.78, 5) is 0. The molecule has 0 amide bonds. The van der Waals surface area contributed by atoms with Gasteiger partial charge < -0.3 is 0 Å². The maximum Gasteiger partial charge on any atom is 0.0391 e. The van der Waals surface area contributed by atoms with Crippen LogP contribution >= 0.6 is 0 Å². The lowest BCUT2D eigenvalue weighted by Crippen LogP contribution is -2.11. The van der Waals surface area contributed by atoms with Crippen LogP contribution in [0.25, 0.3) is 6.08 Å². The van der Waals surface area contributed by atoms with E-state index >= 15 is 0 Å². The van der Waals surface area contributed by atoms with Crippen molar-refractivity contribution >= 4 is 6.08 Å². The van der Waals surface area contributed by atoms with E-state index < -0.39 is 0 Å². The van der Waals surface area contributed by atoms with E-state index in [1.807, 2.05) is 0 Å². The highest BCUT2D eigenvalue weighted by atomic mass is 14.3. The Morgan fingerprint density at radius 1 is 0.500 bits per heavy atom. The predicted molar refractivity (Wildman–Crippen MR) is 92.5 cm³/mol. The third-order valence-corrected chi connectivity index (χ3v) is 4.29. The minimum atomic E-state index is 0.280. The molecule has 22 heavy (non-hydrogen) atoms. The number of fused-ring (bicyclic) bond motifs is 1. The van der Waals surface area contributed by atoms with Crippen LogP contribution < -0.4 is 0 Å². The molecule has 0 saturated carbocycles. The summed E-state index contributed by atoms with van der Waals surface area (Å²) >= 11 is 0. The third-order valence-electron chi connectivity index (χ3n) is 4.29. The Kier molecular flexibility index (Phi) is 3.36. The van der Waals surface area contributed by atoms with Gasteiger partial charge in [-0.15, -0.1) is 0 Å². The van der Waals surface area contributed by atoms with E-state index in [0.29, 0.717) is 0 Å². The molecule has 0 spiro atoms. The summed E-state index contributed by atoms with van der Waals surface area (Å²) in [5.74, 6) is 1.66. The van der Waals surface area contributed by atoms with Crippen molar-refractivity contribution in [1.29, 1.82) is 0 Å². The van der Waals surface area contributed by atoms with Gasteiger partial charge in [0.05, 0.1) is 0 Å². The number of hydrogen-bond donors (Lipinski definition) is 0. The van der Waals surface area contributed by atoms with Gasteiger partial charge in [0.15, 0.2) is 0 Å². The average molecular weight is 281 g/mol. The molecule has 0 aliphatic heterocycles. The van der Waals surface area contributed by atoms with Crippen molar-refractivity contribution in [3.63, 3.8) is 0 Å². The highest BCUT2D eigenvalue weighted by Crippen LogP contribution is 2.43. The highest BCUT2D eigenvalue weighted by molar-refractivity contribution is 5.71. The Morgan fingerprint density at radius 3 is 1.68 bits per heavy atom. The molecule has 1 aliphatic rings. The van der Waals surface area contributed by atoms with Crippen LogP contribution in [0.15, 0.2) is 91.0 Å². The second-order valence-corrected chi connectivity index (χ2v) is 5.63. The van der Waals surface area contributed by atoms with Crippen molar-refractivity contribution in [2.24, 2.45) is 0 Å². The largest absolute Gasteiger partial charge is 0.0712 e. The topological polar surface area (TPSA) is 0 Å². The Labute approximate surface area is 131 Å². The highest BCUT2D eigenvalue weighted by Gasteiger charge is 2.28. The lowest BCUT2D eigenvalue weighted by Gasteiger charge is -2.24. The van der Waals surface area contributed by atoms with Crippen molar-refractivity contribution in [3.8, 4) is 0 Å². The van der Waals surface area contributed by atoms with Crippen molar-refractivity contribution in [3.05, 3.63) is 119 Å². The van der Waals surface area contributed by atoms with Crippen molar-refractivity contribution in [2.75, 3.05) is 0 Å². The summed E-state index contributed by atoms with van der Waals surface area (Å²) in [5, 5.41) is 0. The third kappa shape index (κ3) is 2.27. The monoisotopic (exact) mass is 281 g/mol. The van der Waals surface area contributed by atoms with Crippen molar-refractivity contribution < 1.29 is 0 Å². The molecule has 0 N–H and O–H groups in total. The van der Waals surface area contributed by atoms with Crippen LogP contribution in [0.4, 0.5) is 0 Å².